The van der Waals surface area contributed by atoms with Crippen LogP contribution >= 0.6 is 0 Å². The van der Waals surface area contributed by atoms with Crippen LogP contribution in [-0.4, -0.2) is 23.3 Å². The lowest BCUT2D eigenvalue weighted by atomic mass is 10.1. The van der Waals surface area contributed by atoms with Crippen molar-refractivity contribution in [2.45, 2.75) is 64.1 Å². The van der Waals surface area contributed by atoms with Gasteiger partial charge in [-0.25, -0.2) is 4.79 Å². The molecule has 14 heavy (non-hydrogen) atoms. The number of carboxylic acids is 1. The van der Waals surface area contributed by atoms with Gasteiger partial charge >= 0.3 is 5.97 Å². The highest BCUT2D eigenvalue weighted by Gasteiger charge is 2.44. The maximum Gasteiger partial charge on any atom is 0.335 e. The van der Waals surface area contributed by atoms with Crippen LogP contribution in [0.15, 0.2) is 0 Å². The molecule has 1 rings (SSSR count). The quantitative estimate of drug-likeness (QED) is 0.484. The van der Waals surface area contributed by atoms with Gasteiger partial charge in [-0.05, 0) is 6.42 Å². The van der Waals surface area contributed by atoms with Crippen molar-refractivity contribution in [3.05, 3.63) is 0 Å². The van der Waals surface area contributed by atoms with E-state index in [2.05, 4.69) is 6.92 Å². The van der Waals surface area contributed by atoms with Crippen molar-refractivity contribution in [2.75, 3.05) is 0 Å². The average Bonchev–Trinajstić information content (AvgIpc) is 2.90. The van der Waals surface area contributed by atoms with Crippen LogP contribution in [0.25, 0.3) is 0 Å². The van der Waals surface area contributed by atoms with E-state index in [1.807, 2.05) is 0 Å². The van der Waals surface area contributed by atoms with E-state index in [1.54, 1.807) is 0 Å². The molecule has 0 amide bonds. The van der Waals surface area contributed by atoms with Gasteiger partial charge in [0.2, 0.25) is 0 Å². The molecule has 0 unspecified atom stereocenters. The smallest absolute Gasteiger partial charge is 0.335 e. The van der Waals surface area contributed by atoms with E-state index < -0.39 is 12.1 Å². The second kappa shape index (κ2) is 6.02. The fourth-order valence-electron chi connectivity index (χ4n) is 1.71. The molecule has 3 heteroatoms. The number of ether oxygens (including phenoxy) is 1. The molecule has 0 bridgehead atoms. The Morgan fingerprint density at radius 2 is 1.86 bits per heavy atom. The molecule has 1 saturated heterocycles. The molecule has 0 spiro atoms. The lowest BCUT2D eigenvalue weighted by Gasteiger charge is -1.98. The molecule has 1 aliphatic rings. The van der Waals surface area contributed by atoms with E-state index in [1.165, 1.54) is 32.1 Å². The molecule has 1 heterocycles. The highest BCUT2D eigenvalue weighted by Crippen LogP contribution is 2.27. The summed E-state index contributed by atoms with van der Waals surface area (Å²) in [4.78, 5) is 10.4. The normalized spacial score (nSPS) is 24.9. The van der Waals surface area contributed by atoms with Crippen molar-refractivity contribution >= 4 is 5.97 Å². The number of epoxide rings is 1. The Labute approximate surface area is 85.5 Å². The summed E-state index contributed by atoms with van der Waals surface area (Å²) in [6, 6.07) is 0. The predicted molar refractivity (Wildman–Crippen MR) is 54.3 cm³/mol. The SMILES string of the molecule is CCCCCCCC[C@@H]1O[C@H]1C(=O)O. The molecule has 0 aromatic rings. The molecule has 0 aromatic carbocycles. The third kappa shape index (κ3) is 4.09. The monoisotopic (exact) mass is 200 g/mol. The van der Waals surface area contributed by atoms with Gasteiger partial charge in [-0.1, -0.05) is 45.4 Å². The Bertz CT molecular complexity index is 179. The summed E-state index contributed by atoms with van der Waals surface area (Å²) < 4.78 is 5.01. The Balaban J connectivity index is 1.84. The molecular formula is C11H20O3. The van der Waals surface area contributed by atoms with Crippen LogP contribution in [0.3, 0.4) is 0 Å². The van der Waals surface area contributed by atoms with E-state index in [0.29, 0.717) is 0 Å². The molecule has 0 saturated carbocycles. The fraction of sp³-hybridized carbons (Fsp3) is 0.909. The largest absolute Gasteiger partial charge is 0.479 e. The third-order valence-electron chi connectivity index (χ3n) is 2.67. The van der Waals surface area contributed by atoms with Crippen LogP contribution in [0.1, 0.15) is 51.9 Å². The van der Waals surface area contributed by atoms with Crippen molar-refractivity contribution in [3.8, 4) is 0 Å². The molecule has 1 fully saturated rings. The van der Waals surface area contributed by atoms with Gasteiger partial charge in [0.1, 0.15) is 0 Å². The number of hydrogen-bond acceptors (Lipinski definition) is 2. The summed E-state index contributed by atoms with van der Waals surface area (Å²) in [5, 5.41) is 8.57. The van der Waals surface area contributed by atoms with Crippen molar-refractivity contribution in [3.63, 3.8) is 0 Å². The summed E-state index contributed by atoms with van der Waals surface area (Å²) in [5.41, 5.74) is 0. The molecule has 82 valence electrons. The predicted octanol–water partition coefficient (Wildman–Crippen LogP) is 2.59. The first-order valence-electron chi connectivity index (χ1n) is 5.64. The Kier molecular flexibility index (Phi) is 4.94. The number of rotatable bonds is 8. The van der Waals surface area contributed by atoms with Crippen LogP contribution in [-0.2, 0) is 9.53 Å². The van der Waals surface area contributed by atoms with Crippen LogP contribution < -0.4 is 0 Å². The van der Waals surface area contributed by atoms with Gasteiger partial charge < -0.3 is 9.84 Å². The molecule has 1 N–H and O–H groups in total. The maximum absolute atomic E-state index is 10.4. The average molecular weight is 200 g/mol. The molecular weight excluding hydrogens is 180 g/mol. The molecule has 0 aromatic heterocycles. The van der Waals surface area contributed by atoms with E-state index in [-0.39, 0.29) is 6.10 Å². The number of carbonyl (C=O) groups is 1. The van der Waals surface area contributed by atoms with E-state index in [4.69, 9.17) is 9.84 Å². The topological polar surface area (TPSA) is 49.8 Å². The first-order chi connectivity index (χ1) is 6.75. The summed E-state index contributed by atoms with van der Waals surface area (Å²) in [7, 11) is 0. The zero-order valence-electron chi connectivity index (χ0n) is 8.87. The van der Waals surface area contributed by atoms with Gasteiger partial charge in [0, 0.05) is 0 Å². The maximum atomic E-state index is 10.4. The van der Waals surface area contributed by atoms with Crippen LogP contribution in [0.2, 0.25) is 0 Å². The van der Waals surface area contributed by atoms with Crippen molar-refractivity contribution in [1.82, 2.24) is 0 Å². The van der Waals surface area contributed by atoms with E-state index in [9.17, 15) is 4.79 Å². The highest BCUT2D eigenvalue weighted by molar-refractivity contribution is 5.75. The minimum Gasteiger partial charge on any atom is -0.479 e. The van der Waals surface area contributed by atoms with Crippen LogP contribution in [0.5, 0.6) is 0 Å². The molecule has 0 radical (unpaired) electrons. The Morgan fingerprint density at radius 3 is 2.43 bits per heavy atom. The van der Waals surface area contributed by atoms with Gasteiger partial charge in [-0.2, -0.15) is 0 Å². The second-order valence-electron chi connectivity index (χ2n) is 3.99. The first kappa shape index (κ1) is 11.5. The number of carboxylic acid groups (broad SMARTS) is 1. The van der Waals surface area contributed by atoms with Crippen molar-refractivity contribution in [2.24, 2.45) is 0 Å². The van der Waals surface area contributed by atoms with Crippen LogP contribution in [0, 0.1) is 0 Å². The molecule has 2 atom stereocenters. The standard InChI is InChI=1S/C11H20O3/c1-2-3-4-5-6-7-8-9-10(14-9)11(12)13/h9-10H,2-8H2,1H3,(H,12,13)/t9-,10+/m0/s1. The van der Waals surface area contributed by atoms with E-state index >= 15 is 0 Å². The number of aliphatic carboxylic acids is 1. The Hall–Kier alpha value is -0.570. The molecule has 1 aliphatic heterocycles. The van der Waals surface area contributed by atoms with Crippen molar-refractivity contribution in [1.29, 1.82) is 0 Å². The van der Waals surface area contributed by atoms with Crippen LogP contribution in [0.4, 0.5) is 0 Å². The fourth-order valence-corrected chi connectivity index (χ4v) is 1.71. The number of hydrogen-bond donors (Lipinski definition) is 1. The van der Waals surface area contributed by atoms with Gasteiger partial charge in [0.05, 0.1) is 6.10 Å². The summed E-state index contributed by atoms with van der Waals surface area (Å²) in [5.74, 6) is -0.805. The zero-order valence-corrected chi connectivity index (χ0v) is 8.87. The zero-order chi connectivity index (χ0) is 10.4. The summed E-state index contributed by atoms with van der Waals surface area (Å²) in [6.07, 6.45) is 7.94. The van der Waals surface area contributed by atoms with Gasteiger partial charge in [-0.15, -0.1) is 0 Å². The third-order valence-corrected chi connectivity index (χ3v) is 2.67. The molecule has 0 aliphatic carbocycles. The number of unbranched alkanes of at least 4 members (excludes halogenated alkanes) is 5. The summed E-state index contributed by atoms with van der Waals surface area (Å²) >= 11 is 0. The lowest BCUT2D eigenvalue weighted by molar-refractivity contribution is -0.138. The second-order valence-corrected chi connectivity index (χ2v) is 3.99. The minimum absolute atomic E-state index is 0.0127. The Morgan fingerprint density at radius 1 is 1.21 bits per heavy atom. The van der Waals surface area contributed by atoms with Crippen molar-refractivity contribution < 1.29 is 14.6 Å². The van der Waals surface area contributed by atoms with E-state index in [0.717, 1.165) is 12.8 Å². The van der Waals surface area contributed by atoms with Gasteiger partial charge in [0.25, 0.3) is 0 Å². The molecule has 3 nitrogen and oxygen atoms in total. The highest BCUT2D eigenvalue weighted by atomic mass is 16.6. The first-order valence-corrected chi connectivity index (χ1v) is 5.64. The summed E-state index contributed by atoms with van der Waals surface area (Å²) in [6.45, 7) is 2.20. The van der Waals surface area contributed by atoms with Gasteiger partial charge in [-0.3, -0.25) is 0 Å². The minimum atomic E-state index is -0.805. The van der Waals surface area contributed by atoms with Gasteiger partial charge in [0.15, 0.2) is 6.10 Å². The lowest BCUT2D eigenvalue weighted by Crippen LogP contribution is -2.07.